The molecule has 0 amide bonds. The van der Waals surface area contributed by atoms with Crippen molar-refractivity contribution in [3.8, 4) is 22.3 Å². The Bertz CT molecular complexity index is 935. The second kappa shape index (κ2) is 5.08. The van der Waals surface area contributed by atoms with E-state index in [9.17, 15) is 0 Å². The average Bonchev–Trinajstić information content (AvgIpc) is 2.76. The van der Waals surface area contributed by atoms with Crippen molar-refractivity contribution in [2.45, 2.75) is 40.0 Å². The molecule has 1 aliphatic carbocycles. The molecular weight excluding hydrogens is 288 g/mol. The van der Waals surface area contributed by atoms with Gasteiger partial charge in [0.25, 0.3) is 0 Å². The molecule has 0 radical (unpaired) electrons. The van der Waals surface area contributed by atoms with E-state index in [0.717, 1.165) is 0 Å². The normalized spacial score (nSPS) is 14.4. The first-order valence-corrected chi connectivity index (χ1v) is 8.73. The van der Waals surface area contributed by atoms with Crippen molar-refractivity contribution in [1.82, 2.24) is 0 Å². The quantitative estimate of drug-likeness (QED) is 0.476. The van der Waals surface area contributed by atoms with Gasteiger partial charge in [-0.2, -0.15) is 0 Å². The first-order valence-electron chi connectivity index (χ1n) is 8.73. The first kappa shape index (κ1) is 15.2. The summed E-state index contributed by atoms with van der Waals surface area (Å²) in [5, 5.41) is 0. The van der Waals surface area contributed by atoms with Crippen molar-refractivity contribution in [2.75, 3.05) is 0 Å². The van der Waals surface area contributed by atoms with Crippen molar-refractivity contribution >= 4 is 0 Å². The molecule has 120 valence electrons. The third-order valence-corrected chi connectivity index (χ3v) is 5.55. The molecule has 0 saturated heterocycles. The topological polar surface area (TPSA) is 0 Å². The fraction of sp³-hybridized carbons (Fsp3) is 0.250. The van der Waals surface area contributed by atoms with E-state index in [4.69, 9.17) is 0 Å². The van der Waals surface area contributed by atoms with Crippen LogP contribution in [0.15, 0.2) is 54.6 Å². The van der Waals surface area contributed by atoms with Crippen molar-refractivity contribution in [1.29, 1.82) is 0 Å². The maximum Gasteiger partial charge on any atom is 0.0159 e. The summed E-state index contributed by atoms with van der Waals surface area (Å²) < 4.78 is 0. The second-order valence-corrected chi connectivity index (χ2v) is 7.67. The number of rotatable bonds is 1. The molecule has 3 aromatic carbocycles. The molecule has 0 aliphatic heterocycles. The molecule has 0 spiro atoms. The highest BCUT2D eigenvalue weighted by Gasteiger charge is 2.36. The molecule has 0 aromatic heterocycles. The van der Waals surface area contributed by atoms with Gasteiger partial charge in [-0.3, -0.25) is 0 Å². The monoisotopic (exact) mass is 312 g/mol. The van der Waals surface area contributed by atoms with Gasteiger partial charge in [-0.1, -0.05) is 74.0 Å². The fourth-order valence-electron chi connectivity index (χ4n) is 4.57. The molecule has 0 bridgehead atoms. The Balaban J connectivity index is 2.10. The Morgan fingerprint density at radius 2 is 1.21 bits per heavy atom. The van der Waals surface area contributed by atoms with Crippen molar-refractivity contribution < 1.29 is 0 Å². The number of aryl methyl sites for hydroxylation is 3. The molecule has 3 aromatic rings. The zero-order valence-electron chi connectivity index (χ0n) is 15.2. The maximum absolute atomic E-state index is 2.34. The van der Waals surface area contributed by atoms with Crippen LogP contribution in [0.5, 0.6) is 0 Å². The molecule has 0 atom stereocenters. The molecule has 0 fully saturated rings. The SMILES string of the molecule is Cc1cc(C)c(-c2cccc3c2-c2ccccc2C3(C)C)c(C)c1. The van der Waals surface area contributed by atoms with E-state index in [-0.39, 0.29) is 5.41 Å². The van der Waals surface area contributed by atoms with Gasteiger partial charge in [0.1, 0.15) is 0 Å². The Labute approximate surface area is 145 Å². The number of hydrogen-bond donors (Lipinski definition) is 0. The first-order chi connectivity index (χ1) is 11.4. The van der Waals surface area contributed by atoms with Gasteiger partial charge in [-0.25, -0.2) is 0 Å². The summed E-state index contributed by atoms with van der Waals surface area (Å²) in [6.07, 6.45) is 0. The smallest absolute Gasteiger partial charge is 0.0159 e. The third-order valence-electron chi connectivity index (χ3n) is 5.55. The summed E-state index contributed by atoms with van der Waals surface area (Å²) in [5.74, 6) is 0. The van der Waals surface area contributed by atoms with Gasteiger partial charge in [0, 0.05) is 5.41 Å². The molecule has 0 heteroatoms. The van der Waals surface area contributed by atoms with Gasteiger partial charge in [-0.15, -0.1) is 0 Å². The summed E-state index contributed by atoms with van der Waals surface area (Å²) in [7, 11) is 0. The minimum atomic E-state index is 0.0639. The standard InChI is InChI=1S/C24H24/c1-15-13-16(2)22(17(3)14-15)19-10-8-12-21-23(19)18-9-6-7-11-20(18)24(21,4)5/h6-14H,1-5H3. The highest BCUT2D eigenvalue weighted by atomic mass is 14.4. The summed E-state index contributed by atoms with van der Waals surface area (Å²) in [6.45, 7) is 11.3. The van der Waals surface area contributed by atoms with E-state index in [1.54, 1.807) is 0 Å². The van der Waals surface area contributed by atoms with Crippen LogP contribution in [0, 0.1) is 20.8 Å². The molecule has 0 N–H and O–H groups in total. The van der Waals surface area contributed by atoms with Gasteiger partial charge in [0.2, 0.25) is 0 Å². The van der Waals surface area contributed by atoms with Crippen molar-refractivity contribution in [3.05, 3.63) is 82.4 Å². The van der Waals surface area contributed by atoms with E-state index < -0.39 is 0 Å². The predicted molar refractivity (Wildman–Crippen MR) is 104 cm³/mol. The minimum Gasteiger partial charge on any atom is -0.0619 e. The third kappa shape index (κ3) is 1.99. The lowest BCUT2D eigenvalue weighted by atomic mass is 9.81. The van der Waals surface area contributed by atoms with Gasteiger partial charge in [0.15, 0.2) is 0 Å². The van der Waals surface area contributed by atoms with Gasteiger partial charge in [-0.05, 0) is 65.3 Å². The van der Waals surface area contributed by atoms with Gasteiger partial charge < -0.3 is 0 Å². The van der Waals surface area contributed by atoms with Gasteiger partial charge >= 0.3 is 0 Å². The lowest BCUT2D eigenvalue weighted by Crippen LogP contribution is -2.14. The number of hydrogen-bond acceptors (Lipinski definition) is 0. The number of benzene rings is 3. The van der Waals surface area contributed by atoms with Crippen LogP contribution in [-0.2, 0) is 5.41 Å². The van der Waals surface area contributed by atoms with E-state index in [1.165, 1.54) is 50.1 Å². The van der Waals surface area contributed by atoms with E-state index in [2.05, 4.69) is 89.2 Å². The van der Waals surface area contributed by atoms with Crippen molar-refractivity contribution in [3.63, 3.8) is 0 Å². The van der Waals surface area contributed by atoms with Crippen LogP contribution in [-0.4, -0.2) is 0 Å². The van der Waals surface area contributed by atoms with E-state index >= 15 is 0 Å². The summed E-state index contributed by atoms with van der Waals surface area (Å²) in [5.41, 5.74) is 12.6. The van der Waals surface area contributed by atoms with E-state index in [0.29, 0.717) is 0 Å². The molecule has 0 saturated carbocycles. The number of fused-ring (bicyclic) bond motifs is 3. The zero-order valence-corrected chi connectivity index (χ0v) is 15.2. The molecule has 24 heavy (non-hydrogen) atoms. The molecule has 4 rings (SSSR count). The molecular formula is C24H24. The second-order valence-electron chi connectivity index (χ2n) is 7.67. The average molecular weight is 312 g/mol. The molecule has 0 nitrogen and oxygen atoms in total. The fourth-order valence-corrected chi connectivity index (χ4v) is 4.57. The lowest BCUT2D eigenvalue weighted by Gasteiger charge is -2.22. The zero-order chi connectivity index (χ0) is 17.1. The molecule has 1 aliphatic rings. The van der Waals surface area contributed by atoms with E-state index in [1.807, 2.05) is 0 Å². The highest BCUT2D eigenvalue weighted by molar-refractivity contribution is 5.94. The summed E-state index contributed by atoms with van der Waals surface area (Å²) >= 11 is 0. The molecule has 0 unspecified atom stereocenters. The Kier molecular flexibility index (Phi) is 3.22. The largest absolute Gasteiger partial charge is 0.0619 e. The van der Waals surface area contributed by atoms with Crippen LogP contribution in [0.2, 0.25) is 0 Å². The Hall–Kier alpha value is -2.34. The Morgan fingerprint density at radius 3 is 1.92 bits per heavy atom. The van der Waals surface area contributed by atoms with Gasteiger partial charge in [0.05, 0.1) is 0 Å². The maximum atomic E-state index is 2.34. The Morgan fingerprint density at radius 1 is 0.625 bits per heavy atom. The van der Waals surface area contributed by atoms with Crippen LogP contribution in [0.4, 0.5) is 0 Å². The predicted octanol–water partition coefficient (Wildman–Crippen LogP) is 6.59. The summed E-state index contributed by atoms with van der Waals surface area (Å²) in [4.78, 5) is 0. The minimum absolute atomic E-state index is 0.0639. The van der Waals surface area contributed by atoms with Crippen LogP contribution in [0.25, 0.3) is 22.3 Å². The van der Waals surface area contributed by atoms with Crippen molar-refractivity contribution in [2.24, 2.45) is 0 Å². The van der Waals surface area contributed by atoms with Crippen LogP contribution in [0.1, 0.15) is 41.7 Å². The van der Waals surface area contributed by atoms with Crippen LogP contribution >= 0.6 is 0 Å². The highest BCUT2D eigenvalue weighted by Crippen LogP contribution is 2.52. The lowest BCUT2D eigenvalue weighted by molar-refractivity contribution is 0.660. The van der Waals surface area contributed by atoms with Crippen LogP contribution in [0.3, 0.4) is 0 Å². The molecule has 0 heterocycles. The van der Waals surface area contributed by atoms with Crippen LogP contribution < -0.4 is 0 Å². The summed E-state index contributed by atoms with van der Waals surface area (Å²) in [6, 6.07) is 20.3.